The van der Waals surface area contributed by atoms with Crippen LogP contribution in [0.4, 0.5) is 5.13 Å². The van der Waals surface area contributed by atoms with Crippen molar-refractivity contribution in [2.45, 2.75) is 19.1 Å². The van der Waals surface area contributed by atoms with E-state index in [0.29, 0.717) is 13.0 Å². The van der Waals surface area contributed by atoms with Crippen LogP contribution in [0.25, 0.3) is 0 Å². The van der Waals surface area contributed by atoms with Gasteiger partial charge in [-0.1, -0.05) is 18.2 Å². The summed E-state index contributed by atoms with van der Waals surface area (Å²) in [6.45, 7) is 3.65. The Morgan fingerprint density at radius 1 is 1.33 bits per heavy atom. The first-order valence-electron chi connectivity index (χ1n) is 8.09. The van der Waals surface area contributed by atoms with Crippen molar-refractivity contribution in [3.8, 4) is 5.75 Å². The van der Waals surface area contributed by atoms with Crippen molar-refractivity contribution in [3.05, 3.63) is 40.9 Å². The van der Waals surface area contributed by atoms with Gasteiger partial charge in [0.15, 0.2) is 11.2 Å². The van der Waals surface area contributed by atoms with E-state index in [9.17, 15) is 4.79 Å². The van der Waals surface area contributed by atoms with Crippen LogP contribution in [-0.2, 0) is 22.5 Å². The number of ether oxygens (including phenoxy) is 2. The number of fused-ring (bicyclic) bond motifs is 1. The van der Waals surface area contributed by atoms with Gasteiger partial charge in [0.1, 0.15) is 5.75 Å². The number of nitrogens with one attached hydrogen (secondary N) is 1. The van der Waals surface area contributed by atoms with Gasteiger partial charge in [-0.15, -0.1) is 11.3 Å². The second-order valence-corrected chi connectivity index (χ2v) is 6.69. The third kappa shape index (κ3) is 3.22. The number of amides is 1. The fourth-order valence-corrected chi connectivity index (χ4v) is 3.78. The minimum absolute atomic E-state index is 0.0906. The number of benzene rings is 1. The van der Waals surface area contributed by atoms with Crippen LogP contribution in [0.1, 0.15) is 11.3 Å². The monoisotopic (exact) mass is 345 g/mol. The first-order chi connectivity index (χ1) is 11.8. The van der Waals surface area contributed by atoms with Crippen molar-refractivity contribution in [1.29, 1.82) is 0 Å². The number of rotatable bonds is 4. The topological polar surface area (TPSA) is 63.7 Å². The Morgan fingerprint density at radius 3 is 3.00 bits per heavy atom. The lowest BCUT2D eigenvalue weighted by atomic mass is 10.1. The van der Waals surface area contributed by atoms with Gasteiger partial charge in [0.05, 0.1) is 25.5 Å². The molecule has 24 heavy (non-hydrogen) atoms. The zero-order valence-corrected chi connectivity index (χ0v) is 14.1. The maximum absolute atomic E-state index is 12.3. The van der Waals surface area contributed by atoms with E-state index in [1.165, 1.54) is 0 Å². The lowest BCUT2D eigenvalue weighted by molar-refractivity contribution is -0.127. The van der Waals surface area contributed by atoms with Gasteiger partial charge in [0.25, 0.3) is 5.91 Å². The predicted octanol–water partition coefficient (Wildman–Crippen LogP) is 1.60. The SMILES string of the molecule is O=C(NCc1csc(N2CCOCC2)n1)[C@H]1Cc2ccccc2O1. The molecule has 2 aliphatic heterocycles. The summed E-state index contributed by atoms with van der Waals surface area (Å²) in [5, 5.41) is 5.92. The number of carbonyl (C=O) groups excluding carboxylic acids is 1. The number of thiazole rings is 1. The summed E-state index contributed by atoms with van der Waals surface area (Å²) in [7, 11) is 0. The summed E-state index contributed by atoms with van der Waals surface area (Å²) in [5.41, 5.74) is 1.96. The number of nitrogens with zero attached hydrogens (tertiary/aromatic N) is 2. The lowest BCUT2D eigenvalue weighted by Crippen LogP contribution is -2.37. The molecule has 1 atom stereocenters. The molecule has 1 N–H and O–H groups in total. The molecule has 126 valence electrons. The zero-order chi connectivity index (χ0) is 16.4. The molecule has 1 aromatic heterocycles. The molecular formula is C17H19N3O3S. The molecule has 3 heterocycles. The number of hydrogen-bond acceptors (Lipinski definition) is 6. The quantitative estimate of drug-likeness (QED) is 0.912. The Balaban J connectivity index is 1.31. The summed E-state index contributed by atoms with van der Waals surface area (Å²) in [4.78, 5) is 19.1. The average molecular weight is 345 g/mol. The second-order valence-electron chi connectivity index (χ2n) is 5.86. The minimum atomic E-state index is -0.445. The first kappa shape index (κ1) is 15.4. The van der Waals surface area contributed by atoms with Crippen molar-refractivity contribution in [2.75, 3.05) is 31.2 Å². The van der Waals surface area contributed by atoms with Crippen molar-refractivity contribution in [1.82, 2.24) is 10.3 Å². The van der Waals surface area contributed by atoms with Gasteiger partial charge in [0.2, 0.25) is 0 Å². The number of carbonyl (C=O) groups is 1. The van der Waals surface area contributed by atoms with Crippen molar-refractivity contribution in [3.63, 3.8) is 0 Å². The molecule has 0 saturated carbocycles. The van der Waals surface area contributed by atoms with Crippen LogP contribution in [0, 0.1) is 0 Å². The second kappa shape index (κ2) is 6.78. The van der Waals surface area contributed by atoms with E-state index in [4.69, 9.17) is 9.47 Å². The molecular weight excluding hydrogens is 326 g/mol. The molecule has 7 heteroatoms. The molecule has 1 fully saturated rings. The van der Waals surface area contributed by atoms with Crippen LogP contribution in [0.5, 0.6) is 5.75 Å². The number of anilines is 1. The van der Waals surface area contributed by atoms with E-state index in [2.05, 4.69) is 15.2 Å². The highest BCUT2D eigenvalue weighted by atomic mass is 32.1. The van der Waals surface area contributed by atoms with Crippen LogP contribution < -0.4 is 15.0 Å². The predicted molar refractivity (Wildman–Crippen MR) is 91.6 cm³/mol. The summed E-state index contributed by atoms with van der Waals surface area (Å²) in [5.74, 6) is 0.716. The van der Waals surface area contributed by atoms with Crippen LogP contribution in [0.15, 0.2) is 29.6 Å². The largest absolute Gasteiger partial charge is 0.480 e. The van der Waals surface area contributed by atoms with E-state index in [1.54, 1.807) is 11.3 Å². The van der Waals surface area contributed by atoms with Gasteiger partial charge in [0, 0.05) is 24.9 Å². The molecule has 0 radical (unpaired) electrons. The Morgan fingerprint density at radius 2 is 2.17 bits per heavy atom. The standard InChI is InChI=1S/C17H19N3O3S/c21-16(15-9-12-3-1-2-4-14(12)23-15)18-10-13-11-24-17(19-13)20-5-7-22-8-6-20/h1-4,11,15H,5-10H2,(H,18,21)/t15-/m1/s1. The normalized spacial score (nSPS) is 19.7. The Bertz CT molecular complexity index is 702. The summed E-state index contributed by atoms with van der Waals surface area (Å²) >= 11 is 1.61. The van der Waals surface area contributed by atoms with Gasteiger partial charge in [-0.05, 0) is 11.6 Å². The van der Waals surface area contributed by atoms with Gasteiger partial charge in [-0.25, -0.2) is 4.98 Å². The maximum atomic E-state index is 12.3. The van der Waals surface area contributed by atoms with Crippen LogP contribution >= 0.6 is 11.3 Å². The molecule has 0 aliphatic carbocycles. The van der Waals surface area contributed by atoms with Crippen LogP contribution in [0.2, 0.25) is 0 Å². The maximum Gasteiger partial charge on any atom is 0.261 e. The fourth-order valence-electron chi connectivity index (χ4n) is 2.90. The molecule has 0 spiro atoms. The molecule has 2 aromatic rings. The molecule has 0 bridgehead atoms. The molecule has 1 aromatic carbocycles. The molecule has 1 amide bonds. The van der Waals surface area contributed by atoms with E-state index >= 15 is 0 Å². The van der Waals surface area contributed by atoms with Gasteiger partial charge >= 0.3 is 0 Å². The summed E-state index contributed by atoms with van der Waals surface area (Å²) < 4.78 is 11.1. The van der Waals surface area contributed by atoms with E-state index in [1.807, 2.05) is 29.6 Å². The van der Waals surface area contributed by atoms with E-state index in [0.717, 1.165) is 48.4 Å². The number of para-hydroxylation sites is 1. The van der Waals surface area contributed by atoms with E-state index < -0.39 is 6.10 Å². The first-order valence-corrected chi connectivity index (χ1v) is 8.97. The van der Waals surface area contributed by atoms with Crippen LogP contribution in [0.3, 0.4) is 0 Å². The zero-order valence-electron chi connectivity index (χ0n) is 13.2. The molecule has 0 unspecified atom stereocenters. The highest BCUT2D eigenvalue weighted by Crippen LogP contribution is 2.28. The molecule has 1 saturated heterocycles. The van der Waals surface area contributed by atoms with Gasteiger partial charge < -0.3 is 19.7 Å². The molecule has 6 nitrogen and oxygen atoms in total. The lowest BCUT2D eigenvalue weighted by Gasteiger charge is -2.26. The highest BCUT2D eigenvalue weighted by molar-refractivity contribution is 7.13. The van der Waals surface area contributed by atoms with Crippen molar-refractivity contribution in [2.24, 2.45) is 0 Å². The van der Waals surface area contributed by atoms with Crippen molar-refractivity contribution < 1.29 is 14.3 Å². The average Bonchev–Trinajstić information content (AvgIpc) is 3.27. The van der Waals surface area contributed by atoms with E-state index in [-0.39, 0.29) is 5.91 Å². The Kier molecular flexibility index (Phi) is 4.36. The smallest absolute Gasteiger partial charge is 0.261 e. The Hall–Kier alpha value is -2.12. The third-order valence-electron chi connectivity index (χ3n) is 4.20. The van der Waals surface area contributed by atoms with Gasteiger partial charge in [-0.3, -0.25) is 4.79 Å². The number of morpholine rings is 1. The third-order valence-corrected chi connectivity index (χ3v) is 5.15. The fraction of sp³-hybridized carbons (Fsp3) is 0.412. The number of hydrogen-bond donors (Lipinski definition) is 1. The summed E-state index contributed by atoms with van der Waals surface area (Å²) in [6, 6.07) is 7.78. The molecule has 4 rings (SSSR count). The van der Waals surface area contributed by atoms with Gasteiger partial charge in [-0.2, -0.15) is 0 Å². The highest BCUT2D eigenvalue weighted by Gasteiger charge is 2.28. The van der Waals surface area contributed by atoms with Crippen molar-refractivity contribution >= 4 is 22.4 Å². The minimum Gasteiger partial charge on any atom is -0.480 e. The summed E-state index contributed by atoms with van der Waals surface area (Å²) in [6.07, 6.45) is 0.178. The molecule has 2 aliphatic rings. The Labute approximate surface area is 144 Å². The number of aromatic nitrogens is 1. The van der Waals surface area contributed by atoms with Crippen LogP contribution in [-0.4, -0.2) is 43.3 Å².